The number of β-amino-alcohol motifs (C(OH)–C–C–N with tert-alkyl or cyclic N) is 2. The summed E-state index contributed by atoms with van der Waals surface area (Å²) in [6.07, 6.45) is -1.62. The lowest BCUT2D eigenvalue weighted by Crippen LogP contribution is -2.29. The van der Waals surface area contributed by atoms with Crippen molar-refractivity contribution in [1.82, 2.24) is 4.90 Å². The predicted molar refractivity (Wildman–Crippen MR) is 57.0 cm³/mol. The van der Waals surface area contributed by atoms with Gasteiger partial charge in [-0.3, -0.25) is 4.79 Å². The molecule has 1 aromatic heterocycles. The number of carbonyl (C=O) groups excluding carboxylic acids is 1. The number of aryl methyl sites for hydroxylation is 1. The summed E-state index contributed by atoms with van der Waals surface area (Å²) in [4.78, 5) is 14.1. The van der Waals surface area contributed by atoms with Crippen LogP contribution >= 0.6 is 11.3 Å². The molecule has 1 saturated heterocycles. The van der Waals surface area contributed by atoms with Crippen LogP contribution in [0.15, 0.2) is 11.4 Å². The Balaban J connectivity index is 2.13. The molecule has 1 aromatic rings. The van der Waals surface area contributed by atoms with Gasteiger partial charge in [-0.25, -0.2) is 0 Å². The van der Waals surface area contributed by atoms with Crippen molar-refractivity contribution in [3.8, 4) is 0 Å². The van der Waals surface area contributed by atoms with Gasteiger partial charge in [0.25, 0.3) is 5.91 Å². The Morgan fingerprint density at radius 2 is 2.07 bits per heavy atom. The molecule has 0 aromatic carbocycles. The van der Waals surface area contributed by atoms with Gasteiger partial charge in [0.2, 0.25) is 0 Å². The normalized spacial score (nSPS) is 25.9. The molecule has 2 atom stereocenters. The summed E-state index contributed by atoms with van der Waals surface area (Å²) in [6.45, 7) is 2.32. The van der Waals surface area contributed by atoms with Gasteiger partial charge in [-0.2, -0.15) is 0 Å². The third-order valence-electron chi connectivity index (χ3n) is 2.60. The number of hydrogen-bond donors (Lipinski definition) is 2. The van der Waals surface area contributed by atoms with Gasteiger partial charge in [-0.05, 0) is 23.9 Å². The molecule has 1 fully saturated rings. The lowest BCUT2D eigenvalue weighted by Gasteiger charge is -2.14. The van der Waals surface area contributed by atoms with Gasteiger partial charge in [-0.15, -0.1) is 11.3 Å². The van der Waals surface area contributed by atoms with E-state index in [1.165, 1.54) is 16.2 Å². The quantitative estimate of drug-likeness (QED) is 0.722. The van der Waals surface area contributed by atoms with Gasteiger partial charge in [0.15, 0.2) is 0 Å². The maximum Gasteiger partial charge on any atom is 0.264 e. The van der Waals surface area contributed by atoms with Gasteiger partial charge < -0.3 is 15.1 Å². The van der Waals surface area contributed by atoms with Crippen molar-refractivity contribution in [2.45, 2.75) is 19.1 Å². The molecule has 82 valence electrons. The Morgan fingerprint density at radius 1 is 1.47 bits per heavy atom. The lowest BCUT2D eigenvalue weighted by atomic mass is 10.3. The maximum atomic E-state index is 11.9. The highest BCUT2D eigenvalue weighted by Crippen LogP contribution is 2.20. The number of amides is 1. The van der Waals surface area contributed by atoms with Crippen molar-refractivity contribution in [2.75, 3.05) is 13.1 Å². The minimum atomic E-state index is -0.811. The second kappa shape index (κ2) is 3.92. The van der Waals surface area contributed by atoms with Crippen molar-refractivity contribution in [2.24, 2.45) is 0 Å². The Hall–Kier alpha value is -0.910. The molecule has 1 amide bonds. The summed E-state index contributed by atoms with van der Waals surface area (Å²) in [6, 6.07) is 1.89. The molecule has 2 unspecified atom stereocenters. The molecule has 1 aliphatic heterocycles. The van der Waals surface area contributed by atoms with Crippen molar-refractivity contribution in [1.29, 1.82) is 0 Å². The molecular weight excluding hydrogens is 214 g/mol. The maximum absolute atomic E-state index is 11.9. The molecule has 0 saturated carbocycles. The third-order valence-corrected chi connectivity index (χ3v) is 3.61. The summed E-state index contributed by atoms with van der Waals surface area (Å²) in [5.74, 6) is -0.0990. The average molecular weight is 227 g/mol. The van der Waals surface area contributed by atoms with E-state index in [4.69, 9.17) is 0 Å². The van der Waals surface area contributed by atoms with E-state index in [1.807, 2.05) is 18.4 Å². The molecule has 0 spiro atoms. The summed E-state index contributed by atoms with van der Waals surface area (Å²) < 4.78 is 0. The first-order valence-corrected chi connectivity index (χ1v) is 5.67. The molecule has 2 N–H and O–H groups in total. The SMILES string of the molecule is Cc1ccsc1C(=O)N1CC(O)C(O)C1. The van der Waals surface area contributed by atoms with Crippen LogP contribution in [0, 0.1) is 6.92 Å². The van der Waals surface area contributed by atoms with E-state index in [0.717, 1.165) is 5.56 Å². The molecule has 5 heteroatoms. The first kappa shape index (κ1) is 10.6. The Morgan fingerprint density at radius 3 is 2.53 bits per heavy atom. The zero-order valence-corrected chi connectivity index (χ0v) is 9.20. The lowest BCUT2D eigenvalue weighted by molar-refractivity contribution is 0.0572. The van der Waals surface area contributed by atoms with Crippen LogP contribution in [0.25, 0.3) is 0 Å². The van der Waals surface area contributed by atoms with Crippen molar-refractivity contribution in [3.05, 3.63) is 21.9 Å². The van der Waals surface area contributed by atoms with E-state index < -0.39 is 12.2 Å². The number of rotatable bonds is 1. The Bertz CT molecular complexity index is 366. The summed E-state index contributed by atoms with van der Waals surface area (Å²) in [5, 5.41) is 20.6. The molecule has 2 heterocycles. The molecule has 15 heavy (non-hydrogen) atoms. The van der Waals surface area contributed by atoms with Crippen LogP contribution in [0.1, 0.15) is 15.2 Å². The van der Waals surface area contributed by atoms with E-state index in [0.29, 0.717) is 4.88 Å². The van der Waals surface area contributed by atoms with Crippen molar-refractivity contribution >= 4 is 17.2 Å². The van der Waals surface area contributed by atoms with E-state index in [-0.39, 0.29) is 19.0 Å². The number of aliphatic hydroxyl groups excluding tert-OH is 2. The molecule has 0 radical (unpaired) electrons. The topological polar surface area (TPSA) is 60.8 Å². The van der Waals surface area contributed by atoms with Crippen molar-refractivity contribution in [3.63, 3.8) is 0 Å². The molecule has 1 aliphatic rings. The van der Waals surface area contributed by atoms with Crippen LogP contribution in [-0.2, 0) is 0 Å². The first-order chi connectivity index (χ1) is 7.09. The monoisotopic (exact) mass is 227 g/mol. The average Bonchev–Trinajstić information content (AvgIpc) is 2.74. The number of aliphatic hydroxyl groups is 2. The largest absolute Gasteiger partial charge is 0.388 e. The van der Waals surface area contributed by atoms with E-state index in [1.54, 1.807) is 0 Å². The van der Waals surface area contributed by atoms with Gasteiger partial charge in [-0.1, -0.05) is 0 Å². The zero-order chi connectivity index (χ0) is 11.0. The van der Waals surface area contributed by atoms with Crippen LogP contribution in [0.4, 0.5) is 0 Å². The van der Waals surface area contributed by atoms with E-state index in [2.05, 4.69) is 0 Å². The van der Waals surface area contributed by atoms with Crippen LogP contribution in [0.3, 0.4) is 0 Å². The summed E-state index contributed by atoms with van der Waals surface area (Å²) in [5.41, 5.74) is 0.945. The van der Waals surface area contributed by atoms with E-state index in [9.17, 15) is 15.0 Å². The number of nitrogens with zero attached hydrogens (tertiary/aromatic N) is 1. The van der Waals surface area contributed by atoms with E-state index >= 15 is 0 Å². The van der Waals surface area contributed by atoms with Gasteiger partial charge >= 0.3 is 0 Å². The second-order valence-electron chi connectivity index (χ2n) is 3.78. The fourth-order valence-corrected chi connectivity index (χ4v) is 2.56. The third kappa shape index (κ3) is 1.90. The fraction of sp³-hybridized carbons (Fsp3) is 0.500. The summed E-state index contributed by atoms with van der Waals surface area (Å²) >= 11 is 1.39. The van der Waals surface area contributed by atoms with Crippen molar-refractivity contribution < 1.29 is 15.0 Å². The highest BCUT2D eigenvalue weighted by Gasteiger charge is 2.33. The highest BCUT2D eigenvalue weighted by atomic mass is 32.1. The van der Waals surface area contributed by atoms with Gasteiger partial charge in [0.1, 0.15) is 0 Å². The number of thiophene rings is 1. The molecule has 0 aliphatic carbocycles. The number of likely N-dealkylation sites (tertiary alicyclic amines) is 1. The first-order valence-electron chi connectivity index (χ1n) is 4.79. The van der Waals surface area contributed by atoms with Gasteiger partial charge in [0, 0.05) is 13.1 Å². The van der Waals surface area contributed by atoms with Gasteiger partial charge in [0.05, 0.1) is 17.1 Å². The fourth-order valence-electron chi connectivity index (χ4n) is 1.67. The van der Waals surface area contributed by atoms with Crippen LogP contribution in [-0.4, -0.2) is 46.3 Å². The van der Waals surface area contributed by atoms with Crippen LogP contribution < -0.4 is 0 Å². The number of hydrogen-bond acceptors (Lipinski definition) is 4. The standard InChI is InChI=1S/C10H13NO3S/c1-6-2-3-15-9(6)10(14)11-4-7(12)8(13)5-11/h2-3,7-8,12-13H,4-5H2,1H3. The molecule has 0 bridgehead atoms. The molecular formula is C10H13NO3S. The summed E-state index contributed by atoms with van der Waals surface area (Å²) in [7, 11) is 0. The van der Waals surface area contributed by atoms with Crippen LogP contribution in [0.5, 0.6) is 0 Å². The van der Waals surface area contributed by atoms with Crippen LogP contribution in [0.2, 0.25) is 0 Å². The molecule has 4 nitrogen and oxygen atoms in total. The number of carbonyl (C=O) groups is 1. The highest BCUT2D eigenvalue weighted by molar-refractivity contribution is 7.12. The second-order valence-corrected chi connectivity index (χ2v) is 4.69. The minimum absolute atomic E-state index is 0.0990. The zero-order valence-electron chi connectivity index (χ0n) is 8.38. The molecule has 2 rings (SSSR count). The smallest absolute Gasteiger partial charge is 0.264 e. The Labute approximate surface area is 91.8 Å². The Kier molecular flexibility index (Phi) is 2.77. The predicted octanol–water partition coefficient (Wildman–Crippen LogP) is 0.234. The minimum Gasteiger partial charge on any atom is -0.388 e.